The van der Waals surface area contributed by atoms with E-state index in [9.17, 15) is 4.79 Å². The number of aromatic nitrogens is 2. The molecule has 0 aliphatic carbocycles. The number of nitrogens with one attached hydrogen (secondary N) is 1. The van der Waals surface area contributed by atoms with Crippen LogP contribution in [0.5, 0.6) is 0 Å². The van der Waals surface area contributed by atoms with E-state index in [1.807, 2.05) is 33.0 Å². The van der Waals surface area contributed by atoms with E-state index in [4.69, 9.17) is 16.3 Å². The third-order valence-corrected chi connectivity index (χ3v) is 4.70. The molecular formula is C14H18ClN3O2S. The van der Waals surface area contributed by atoms with Gasteiger partial charge in [0.15, 0.2) is 0 Å². The molecule has 1 amide bonds. The average Bonchev–Trinajstić information content (AvgIpc) is 2.95. The van der Waals surface area contributed by atoms with Gasteiger partial charge in [-0.15, -0.1) is 11.3 Å². The van der Waals surface area contributed by atoms with Crippen LogP contribution in [0.15, 0.2) is 12.1 Å². The SMILES string of the molecule is CO[C@@H](CNC(=O)c1c(C)nn(C)c1C)c1ccc(Cl)s1. The molecule has 2 aromatic heterocycles. The average molecular weight is 328 g/mol. The summed E-state index contributed by atoms with van der Waals surface area (Å²) in [4.78, 5) is 13.3. The lowest BCUT2D eigenvalue weighted by atomic mass is 10.2. The minimum Gasteiger partial charge on any atom is -0.374 e. The number of carbonyl (C=O) groups excluding carboxylic acids is 1. The maximum absolute atomic E-state index is 12.3. The summed E-state index contributed by atoms with van der Waals surface area (Å²) in [6.07, 6.45) is -0.205. The number of hydrogen-bond donors (Lipinski definition) is 1. The molecule has 7 heteroatoms. The Balaban J connectivity index is 2.06. The summed E-state index contributed by atoms with van der Waals surface area (Å²) in [5.41, 5.74) is 2.19. The Kier molecular flexibility index (Phi) is 5.03. The number of amides is 1. The first kappa shape index (κ1) is 16.0. The van der Waals surface area contributed by atoms with Gasteiger partial charge in [-0.1, -0.05) is 11.6 Å². The van der Waals surface area contributed by atoms with Crippen molar-refractivity contribution in [2.24, 2.45) is 7.05 Å². The van der Waals surface area contributed by atoms with Gasteiger partial charge < -0.3 is 10.1 Å². The van der Waals surface area contributed by atoms with Crippen LogP contribution in [0.2, 0.25) is 4.34 Å². The van der Waals surface area contributed by atoms with Gasteiger partial charge in [-0.3, -0.25) is 9.48 Å². The Morgan fingerprint density at radius 1 is 1.52 bits per heavy atom. The fraction of sp³-hybridized carbons (Fsp3) is 0.429. The van der Waals surface area contributed by atoms with Crippen LogP contribution in [0.3, 0.4) is 0 Å². The van der Waals surface area contributed by atoms with Crippen molar-refractivity contribution in [1.29, 1.82) is 0 Å². The second kappa shape index (κ2) is 6.60. The van der Waals surface area contributed by atoms with Crippen LogP contribution < -0.4 is 5.32 Å². The fourth-order valence-electron chi connectivity index (χ4n) is 2.18. The Hall–Kier alpha value is -1.37. The van der Waals surface area contributed by atoms with Crippen LogP contribution in [0.4, 0.5) is 0 Å². The van der Waals surface area contributed by atoms with E-state index in [0.717, 1.165) is 16.3 Å². The number of hydrogen-bond acceptors (Lipinski definition) is 4. The molecule has 2 rings (SSSR count). The number of nitrogens with zero attached hydrogens (tertiary/aromatic N) is 2. The molecule has 2 heterocycles. The molecule has 0 aliphatic rings. The smallest absolute Gasteiger partial charge is 0.255 e. The lowest BCUT2D eigenvalue weighted by Gasteiger charge is -2.14. The van der Waals surface area contributed by atoms with Crippen LogP contribution in [0.1, 0.15) is 32.7 Å². The Morgan fingerprint density at radius 3 is 2.71 bits per heavy atom. The number of methoxy groups -OCH3 is 1. The molecule has 0 bridgehead atoms. The van der Waals surface area contributed by atoms with Gasteiger partial charge in [0.2, 0.25) is 0 Å². The second-order valence-corrected chi connectivity index (χ2v) is 6.49. The van der Waals surface area contributed by atoms with Gasteiger partial charge in [0, 0.05) is 31.3 Å². The van der Waals surface area contributed by atoms with Crippen LogP contribution >= 0.6 is 22.9 Å². The molecule has 0 spiro atoms. The summed E-state index contributed by atoms with van der Waals surface area (Å²) in [6, 6.07) is 3.73. The highest BCUT2D eigenvalue weighted by Crippen LogP contribution is 2.28. The van der Waals surface area contributed by atoms with Gasteiger partial charge in [-0.05, 0) is 26.0 Å². The molecule has 0 aliphatic heterocycles. The van der Waals surface area contributed by atoms with E-state index >= 15 is 0 Å². The van der Waals surface area contributed by atoms with E-state index < -0.39 is 0 Å². The van der Waals surface area contributed by atoms with Crippen LogP contribution in [0.25, 0.3) is 0 Å². The summed E-state index contributed by atoms with van der Waals surface area (Å²) in [7, 11) is 3.44. The van der Waals surface area contributed by atoms with Gasteiger partial charge in [0.05, 0.1) is 15.6 Å². The number of thiophene rings is 1. The summed E-state index contributed by atoms with van der Waals surface area (Å²) in [6.45, 7) is 4.09. The Bertz CT molecular complexity index is 651. The molecular weight excluding hydrogens is 310 g/mol. The van der Waals surface area contributed by atoms with Gasteiger partial charge in [-0.2, -0.15) is 5.10 Å². The van der Waals surface area contributed by atoms with E-state index in [-0.39, 0.29) is 12.0 Å². The molecule has 21 heavy (non-hydrogen) atoms. The highest BCUT2D eigenvalue weighted by Gasteiger charge is 2.19. The number of ether oxygens (including phenoxy) is 1. The highest BCUT2D eigenvalue weighted by atomic mass is 35.5. The van der Waals surface area contributed by atoms with Gasteiger partial charge in [-0.25, -0.2) is 0 Å². The van der Waals surface area contributed by atoms with Crippen LogP contribution in [0, 0.1) is 13.8 Å². The zero-order valence-corrected chi connectivity index (χ0v) is 14.0. The normalized spacial score (nSPS) is 12.4. The lowest BCUT2D eigenvalue weighted by Crippen LogP contribution is -2.29. The Labute approximate surface area is 132 Å². The largest absolute Gasteiger partial charge is 0.374 e. The van der Waals surface area contributed by atoms with Crippen molar-refractivity contribution in [3.63, 3.8) is 0 Å². The summed E-state index contributed by atoms with van der Waals surface area (Å²) in [5, 5.41) is 7.15. The summed E-state index contributed by atoms with van der Waals surface area (Å²) >= 11 is 7.38. The van der Waals surface area contributed by atoms with Crippen molar-refractivity contribution in [2.75, 3.05) is 13.7 Å². The zero-order valence-electron chi connectivity index (χ0n) is 12.4. The fourth-order valence-corrected chi connectivity index (χ4v) is 3.32. The minimum atomic E-state index is -0.205. The van der Waals surface area contributed by atoms with Crippen molar-refractivity contribution in [3.8, 4) is 0 Å². The molecule has 0 fully saturated rings. The van der Waals surface area contributed by atoms with Crippen LogP contribution in [-0.2, 0) is 11.8 Å². The zero-order chi connectivity index (χ0) is 15.6. The van der Waals surface area contributed by atoms with Crippen molar-refractivity contribution >= 4 is 28.8 Å². The maximum atomic E-state index is 12.3. The molecule has 0 aromatic carbocycles. The first-order valence-electron chi connectivity index (χ1n) is 6.50. The van der Waals surface area contributed by atoms with Crippen LogP contribution in [-0.4, -0.2) is 29.3 Å². The van der Waals surface area contributed by atoms with Crippen molar-refractivity contribution in [1.82, 2.24) is 15.1 Å². The lowest BCUT2D eigenvalue weighted by molar-refractivity contribution is 0.0836. The molecule has 0 saturated carbocycles. The van der Waals surface area contributed by atoms with E-state index in [0.29, 0.717) is 16.4 Å². The highest BCUT2D eigenvalue weighted by molar-refractivity contribution is 7.16. The summed E-state index contributed by atoms with van der Waals surface area (Å²) < 4.78 is 7.83. The van der Waals surface area contributed by atoms with Gasteiger partial charge in [0.1, 0.15) is 6.10 Å². The predicted octanol–water partition coefficient (Wildman–Crippen LogP) is 2.87. The maximum Gasteiger partial charge on any atom is 0.255 e. The van der Waals surface area contributed by atoms with E-state index in [1.54, 1.807) is 11.8 Å². The van der Waals surface area contributed by atoms with Crippen molar-refractivity contribution < 1.29 is 9.53 Å². The topological polar surface area (TPSA) is 56.1 Å². The molecule has 1 atom stereocenters. The van der Waals surface area contributed by atoms with E-state index in [1.165, 1.54) is 11.3 Å². The number of aryl methyl sites for hydroxylation is 2. The van der Waals surface area contributed by atoms with Crippen molar-refractivity contribution in [2.45, 2.75) is 20.0 Å². The molecule has 1 N–H and O–H groups in total. The molecule has 0 unspecified atom stereocenters. The van der Waals surface area contributed by atoms with Gasteiger partial charge >= 0.3 is 0 Å². The molecule has 114 valence electrons. The third kappa shape index (κ3) is 3.45. The van der Waals surface area contributed by atoms with Crippen molar-refractivity contribution in [3.05, 3.63) is 38.3 Å². The van der Waals surface area contributed by atoms with Gasteiger partial charge in [0.25, 0.3) is 5.91 Å². The predicted molar refractivity (Wildman–Crippen MR) is 84.1 cm³/mol. The molecule has 2 aromatic rings. The molecule has 5 nitrogen and oxygen atoms in total. The number of halogens is 1. The molecule has 0 saturated heterocycles. The second-order valence-electron chi connectivity index (χ2n) is 4.75. The Morgan fingerprint density at radius 2 is 2.24 bits per heavy atom. The standard InChI is InChI=1S/C14H18ClN3O2S/c1-8-13(9(2)18(3)17-8)14(19)16-7-10(20-4)11-5-6-12(15)21-11/h5-6,10H,7H2,1-4H3,(H,16,19)/t10-/m0/s1. The quantitative estimate of drug-likeness (QED) is 0.918. The third-order valence-electron chi connectivity index (χ3n) is 3.38. The summed E-state index contributed by atoms with van der Waals surface area (Å²) in [5.74, 6) is -0.136. The minimum absolute atomic E-state index is 0.136. The molecule has 0 radical (unpaired) electrons. The monoisotopic (exact) mass is 327 g/mol. The number of rotatable bonds is 5. The van der Waals surface area contributed by atoms with E-state index in [2.05, 4.69) is 10.4 Å². The first-order chi connectivity index (χ1) is 9.93. The number of carbonyl (C=O) groups is 1. The first-order valence-corrected chi connectivity index (χ1v) is 7.70.